The smallest absolute Gasteiger partial charge is 0.270 e. The number of aromatic nitrogens is 4. The maximum Gasteiger partial charge on any atom is 0.270 e. The van der Waals surface area contributed by atoms with Crippen LogP contribution in [0.5, 0.6) is 0 Å². The summed E-state index contributed by atoms with van der Waals surface area (Å²) in [5.74, 6) is -0.336. The Hall–Kier alpha value is -3.17. The van der Waals surface area contributed by atoms with E-state index in [-0.39, 0.29) is 23.0 Å². The number of piperidine rings is 1. The van der Waals surface area contributed by atoms with Gasteiger partial charge in [0.15, 0.2) is 0 Å². The summed E-state index contributed by atoms with van der Waals surface area (Å²) >= 11 is 0. The van der Waals surface area contributed by atoms with E-state index in [4.69, 9.17) is 0 Å². The molecule has 5 rings (SSSR count). The second-order valence-corrected chi connectivity index (χ2v) is 8.43. The zero-order valence-electron chi connectivity index (χ0n) is 17.7. The molecule has 3 aromatic rings. The zero-order chi connectivity index (χ0) is 22.1. The summed E-state index contributed by atoms with van der Waals surface area (Å²) in [6, 6.07) is 5.01. The molecule has 9 heteroatoms. The number of nitrogens with one attached hydrogen (secondary N) is 1. The van der Waals surface area contributed by atoms with Crippen LogP contribution in [0.3, 0.4) is 0 Å². The number of nitrogens with zero attached hydrogens (tertiary/aromatic N) is 5. The lowest BCUT2D eigenvalue weighted by molar-refractivity contribution is 0.173. The molecule has 1 atom stereocenters. The highest BCUT2D eigenvalue weighted by atomic mass is 19.1. The predicted octanol–water partition coefficient (Wildman–Crippen LogP) is 1.41. The van der Waals surface area contributed by atoms with Crippen LogP contribution in [0.1, 0.15) is 24.4 Å². The summed E-state index contributed by atoms with van der Waals surface area (Å²) in [4.78, 5) is 35.2. The fraction of sp³-hybridized carbons (Fsp3) is 0.391. The first-order chi connectivity index (χ1) is 15.6. The molecule has 0 bridgehead atoms. The molecule has 0 radical (unpaired) electrons. The summed E-state index contributed by atoms with van der Waals surface area (Å²) in [5.41, 5.74) is 1.81. The summed E-state index contributed by atoms with van der Waals surface area (Å²) in [6.45, 7) is 3.82. The van der Waals surface area contributed by atoms with Crippen molar-refractivity contribution in [2.75, 3.05) is 26.2 Å². The van der Waals surface area contributed by atoms with Crippen molar-refractivity contribution >= 4 is 17.2 Å². The first kappa shape index (κ1) is 20.7. The summed E-state index contributed by atoms with van der Waals surface area (Å²) in [5, 5.41) is 3.53. The van der Waals surface area contributed by atoms with Crippen molar-refractivity contribution in [2.24, 2.45) is 0 Å². The molecular formula is C23H25FN6O2. The van der Waals surface area contributed by atoms with E-state index >= 15 is 0 Å². The molecule has 32 heavy (non-hydrogen) atoms. The molecule has 0 aliphatic carbocycles. The van der Waals surface area contributed by atoms with Crippen LogP contribution >= 0.6 is 0 Å². The highest BCUT2D eigenvalue weighted by molar-refractivity contribution is 5.71. The Kier molecular flexibility index (Phi) is 5.67. The Balaban J connectivity index is 1.15. The van der Waals surface area contributed by atoms with E-state index in [0.29, 0.717) is 30.3 Å². The lowest BCUT2D eigenvalue weighted by Gasteiger charge is -2.34. The number of halogens is 1. The molecule has 5 heterocycles. The Morgan fingerprint density at radius 3 is 2.78 bits per heavy atom. The Morgan fingerprint density at radius 2 is 1.97 bits per heavy atom. The van der Waals surface area contributed by atoms with Crippen LogP contribution < -0.4 is 16.4 Å². The molecule has 166 valence electrons. The number of hydrogen-bond acceptors (Lipinski definition) is 6. The molecule has 0 spiro atoms. The van der Waals surface area contributed by atoms with Crippen LogP contribution in [0.4, 0.5) is 4.39 Å². The van der Waals surface area contributed by atoms with Gasteiger partial charge in [-0.3, -0.25) is 23.7 Å². The monoisotopic (exact) mass is 436 g/mol. The average Bonchev–Trinajstić information content (AvgIpc) is 3.18. The van der Waals surface area contributed by atoms with Gasteiger partial charge in [-0.05, 0) is 43.6 Å². The van der Waals surface area contributed by atoms with Gasteiger partial charge in [-0.2, -0.15) is 0 Å². The number of likely N-dealkylation sites (tertiary alicyclic amines) is 1. The minimum atomic E-state index is -0.336. The Labute approximate surface area is 184 Å². The topological polar surface area (TPSA) is 85.0 Å². The Bertz CT molecular complexity index is 1270. The van der Waals surface area contributed by atoms with Crippen LogP contribution in [0.15, 0.2) is 52.5 Å². The van der Waals surface area contributed by atoms with Crippen molar-refractivity contribution in [1.29, 1.82) is 0 Å². The van der Waals surface area contributed by atoms with E-state index in [1.807, 2.05) is 12.2 Å². The third-order valence-electron chi connectivity index (χ3n) is 6.29. The Morgan fingerprint density at radius 1 is 1.12 bits per heavy atom. The molecule has 0 saturated carbocycles. The first-order valence-electron chi connectivity index (χ1n) is 10.9. The normalized spacial score (nSPS) is 19.3. The molecule has 0 amide bonds. The number of pyridine rings is 2. The van der Waals surface area contributed by atoms with E-state index in [2.05, 4.69) is 20.2 Å². The zero-order valence-corrected chi connectivity index (χ0v) is 17.7. The van der Waals surface area contributed by atoms with E-state index in [1.54, 1.807) is 21.4 Å². The SMILES string of the molecule is O=c1ccc2ncc(=O)n3c2n1C[C@H]3CN1CCC(NCC=Cc2cncc(F)c2)CC1. The minimum absolute atomic E-state index is 0.0598. The van der Waals surface area contributed by atoms with E-state index < -0.39 is 0 Å². The number of hydrogen-bond donors (Lipinski definition) is 1. The van der Waals surface area contributed by atoms with Crippen LogP contribution in [0, 0.1) is 5.82 Å². The van der Waals surface area contributed by atoms with Gasteiger partial charge < -0.3 is 10.2 Å². The molecular weight excluding hydrogens is 411 g/mol. The third-order valence-corrected chi connectivity index (χ3v) is 6.29. The van der Waals surface area contributed by atoms with Crippen molar-refractivity contribution in [3.8, 4) is 0 Å². The van der Waals surface area contributed by atoms with Gasteiger partial charge in [-0.15, -0.1) is 0 Å². The average molecular weight is 436 g/mol. The highest BCUT2D eigenvalue weighted by Gasteiger charge is 2.29. The molecule has 3 aromatic heterocycles. The van der Waals surface area contributed by atoms with Crippen molar-refractivity contribution in [1.82, 2.24) is 29.3 Å². The van der Waals surface area contributed by atoms with Crippen molar-refractivity contribution in [3.63, 3.8) is 0 Å². The van der Waals surface area contributed by atoms with Gasteiger partial charge in [0.05, 0.1) is 18.4 Å². The molecule has 1 fully saturated rings. The van der Waals surface area contributed by atoms with Crippen molar-refractivity contribution in [2.45, 2.75) is 31.5 Å². The molecule has 8 nitrogen and oxygen atoms in total. The van der Waals surface area contributed by atoms with Crippen LogP contribution in [0.2, 0.25) is 0 Å². The standard InChI is InChI=1S/C23H25FN6O2/c24-17-10-16(11-25-12-17)2-1-7-26-18-5-8-28(9-6-18)14-19-15-29-21(31)4-3-20-23(29)30(19)22(32)13-27-20/h1-4,10-13,18-19,26H,5-9,14-15H2/t19-/m1/s1. The van der Waals surface area contributed by atoms with Gasteiger partial charge >= 0.3 is 0 Å². The second-order valence-electron chi connectivity index (χ2n) is 8.43. The minimum Gasteiger partial charge on any atom is -0.310 e. The molecule has 0 unspecified atom stereocenters. The largest absolute Gasteiger partial charge is 0.310 e. The van der Waals surface area contributed by atoms with E-state index in [0.717, 1.165) is 38.0 Å². The lowest BCUT2D eigenvalue weighted by Crippen LogP contribution is -2.44. The van der Waals surface area contributed by atoms with Crippen molar-refractivity contribution < 1.29 is 4.39 Å². The third kappa shape index (κ3) is 4.13. The second kappa shape index (κ2) is 8.76. The maximum absolute atomic E-state index is 13.2. The van der Waals surface area contributed by atoms with Gasteiger partial charge in [0.1, 0.15) is 17.0 Å². The highest BCUT2D eigenvalue weighted by Crippen LogP contribution is 2.24. The maximum atomic E-state index is 13.2. The lowest BCUT2D eigenvalue weighted by atomic mass is 10.0. The van der Waals surface area contributed by atoms with Crippen molar-refractivity contribution in [3.05, 3.63) is 75.0 Å². The van der Waals surface area contributed by atoms with Gasteiger partial charge in [0.2, 0.25) is 0 Å². The summed E-state index contributed by atoms with van der Waals surface area (Å²) in [7, 11) is 0. The first-order valence-corrected chi connectivity index (χ1v) is 10.9. The quantitative estimate of drug-likeness (QED) is 0.629. The van der Waals surface area contributed by atoms with Gasteiger partial charge in [-0.1, -0.05) is 12.2 Å². The fourth-order valence-corrected chi connectivity index (χ4v) is 4.73. The molecule has 1 saturated heterocycles. The van der Waals surface area contributed by atoms with Gasteiger partial charge in [-0.25, -0.2) is 9.37 Å². The van der Waals surface area contributed by atoms with Gasteiger partial charge in [0, 0.05) is 37.9 Å². The summed E-state index contributed by atoms with van der Waals surface area (Å²) in [6.07, 6.45) is 10.0. The fourth-order valence-electron chi connectivity index (χ4n) is 4.73. The van der Waals surface area contributed by atoms with Crippen LogP contribution in [-0.2, 0) is 6.54 Å². The molecule has 2 aliphatic heterocycles. The molecule has 0 aromatic carbocycles. The molecule has 2 aliphatic rings. The number of rotatable bonds is 6. The van der Waals surface area contributed by atoms with Gasteiger partial charge in [0.25, 0.3) is 11.1 Å². The molecule has 1 N–H and O–H groups in total. The summed E-state index contributed by atoms with van der Waals surface area (Å²) < 4.78 is 16.6. The van der Waals surface area contributed by atoms with E-state index in [9.17, 15) is 14.0 Å². The van der Waals surface area contributed by atoms with Crippen LogP contribution in [0.25, 0.3) is 17.2 Å². The van der Waals surface area contributed by atoms with Crippen LogP contribution in [-0.4, -0.2) is 56.2 Å². The van der Waals surface area contributed by atoms with E-state index in [1.165, 1.54) is 24.5 Å². The predicted molar refractivity (Wildman–Crippen MR) is 120 cm³/mol.